The van der Waals surface area contributed by atoms with Gasteiger partial charge in [-0.05, 0) is 82.1 Å². The number of anilines is 1. The number of nitrogens with zero attached hydrogens (tertiary/aromatic N) is 1. The van der Waals surface area contributed by atoms with Crippen LogP contribution >= 0.6 is 11.3 Å². The van der Waals surface area contributed by atoms with Crippen molar-refractivity contribution in [3.8, 4) is 5.75 Å². The second-order valence-electron chi connectivity index (χ2n) is 7.96. The van der Waals surface area contributed by atoms with Crippen LogP contribution in [0, 0.1) is 13.8 Å². The van der Waals surface area contributed by atoms with Crippen LogP contribution in [0.15, 0.2) is 47.1 Å². The number of thiophene rings is 1. The molecule has 164 valence electrons. The highest BCUT2D eigenvalue weighted by Gasteiger charge is 2.30. The van der Waals surface area contributed by atoms with Crippen LogP contribution in [-0.2, 0) is 0 Å². The topological polar surface area (TPSA) is 54.7 Å². The minimum Gasteiger partial charge on any atom is -0.494 e. The fraction of sp³-hybridized carbons (Fsp3) is 0.400. The summed E-state index contributed by atoms with van der Waals surface area (Å²) in [5, 5.41) is 4.03. The quantitative estimate of drug-likeness (QED) is 0.478. The van der Waals surface area contributed by atoms with Gasteiger partial charge in [0.25, 0.3) is 5.91 Å². The average Bonchev–Trinajstić information content (AvgIpc) is 3.41. The molecule has 0 aliphatic carbocycles. The zero-order valence-corrected chi connectivity index (χ0v) is 19.3. The third-order valence-corrected chi connectivity index (χ3v) is 7.08. The number of aryl methyl sites for hydroxylation is 1. The van der Waals surface area contributed by atoms with Gasteiger partial charge in [-0.2, -0.15) is 0 Å². The van der Waals surface area contributed by atoms with E-state index in [1.165, 1.54) is 47.1 Å². The number of piperidine rings is 1. The van der Waals surface area contributed by atoms with Crippen molar-refractivity contribution in [1.82, 2.24) is 4.90 Å². The van der Waals surface area contributed by atoms with Gasteiger partial charge in [0.05, 0.1) is 18.9 Å². The molecule has 1 amide bonds. The first kappa shape index (κ1) is 21.7. The predicted molar refractivity (Wildman–Crippen MR) is 125 cm³/mol. The molecular weight excluding hydrogens is 408 g/mol. The van der Waals surface area contributed by atoms with E-state index in [1.54, 1.807) is 23.5 Å². The maximum atomic E-state index is 12.8. The number of furan rings is 1. The van der Waals surface area contributed by atoms with Crippen molar-refractivity contribution in [3.05, 3.63) is 70.0 Å². The molecule has 1 aliphatic rings. The minimum absolute atomic E-state index is 0.0906. The number of ether oxygens (including phenoxy) is 1. The number of hydrogen-bond acceptors (Lipinski definition) is 5. The number of nitrogens with one attached hydrogen (secondary N) is 1. The molecule has 4 rings (SSSR count). The number of rotatable bonds is 7. The summed E-state index contributed by atoms with van der Waals surface area (Å²) in [6.07, 6.45) is 5.20. The molecule has 1 fully saturated rings. The molecule has 2 aromatic heterocycles. The van der Waals surface area contributed by atoms with Crippen LogP contribution in [-0.4, -0.2) is 30.5 Å². The Kier molecular flexibility index (Phi) is 6.78. The first-order chi connectivity index (χ1) is 15.1. The Morgan fingerprint density at radius 1 is 1.16 bits per heavy atom. The molecule has 3 heterocycles. The fourth-order valence-electron chi connectivity index (χ4n) is 4.29. The normalized spacial score (nSPS) is 15.6. The van der Waals surface area contributed by atoms with Crippen molar-refractivity contribution in [2.24, 2.45) is 0 Å². The molecule has 0 spiro atoms. The molecule has 1 atom stereocenters. The summed E-state index contributed by atoms with van der Waals surface area (Å²) >= 11 is 1.64. The molecule has 0 bridgehead atoms. The van der Waals surface area contributed by atoms with Crippen LogP contribution in [0.25, 0.3) is 0 Å². The Labute approximate surface area is 188 Å². The van der Waals surface area contributed by atoms with Crippen molar-refractivity contribution in [3.63, 3.8) is 0 Å². The van der Waals surface area contributed by atoms with E-state index in [2.05, 4.69) is 36.2 Å². The fourth-order valence-corrected chi connectivity index (χ4v) is 5.38. The number of hydrogen-bond donors (Lipinski definition) is 1. The van der Waals surface area contributed by atoms with Gasteiger partial charge in [-0.3, -0.25) is 9.69 Å². The molecule has 6 heteroatoms. The van der Waals surface area contributed by atoms with E-state index >= 15 is 0 Å². The highest BCUT2D eigenvalue weighted by Crippen LogP contribution is 2.43. The van der Waals surface area contributed by atoms with Crippen LogP contribution in [0.3, 0.4) is 0 Å². The van der Waals surface area contributed by atoms with Gasteiger partial charge in [0.15, 0.2) is 5.76 Å². The Hall–Kier alpha value is -2.57. The van der Waals surface area contributed by atoms with Gasteiger partial charge in [0.2, 0.25) is 0 Å². The van der Waals surface area contributed by atoms with Crippen molar-refractivity contribution < 1.29 is 13.9 Å². The zero-order chi connectivity index (χ0) is 21.8. The highest BCUT2D eigenvalue weighted by molar-refractivity contribution is 7.16. The van der Waals surface area contributed by atoms with Gasteiger partial charge < -0.3 is 14.5 Å². The molecule has 1 aliphatic heterocycles. The molecule has 3 aromatic rings. The van der Waals surface area contributed by atoms with Crippen LogP contribution in [0.2, 0.25) is 0 Å². The number of amides is 1. The lowest BCUT2D eigenvalue weighted by molar-refractivity contribution is 0.0996. The highest BCUT2D eigenvalue weighted by atomic mass is 32.1. The monoisotopic (exact) mass is 438 g/mol. The number of likely N-dealkylation sites (tertiary alicyclic amines) is 1. The predicted octanol–water partition coefficient (Wildman–Crippen LogP) is 6.18. The first-order valence-electron chi connectivity index (χ1n) is 11.0. The Morgan fingerprint density at radius 2 is 1.90 bits per heavy atom. The summed E-state index contributed by atoms with van der Waals surface area (Å²) < 4.78 is 11.0. The zero-order valence-electron chi connectivity index (χ0n) is 18.4. The van der Waals surface area contributed by atoms with Gasteiger partial charge in [0.1, 0.15) is 10.8 Å². The summed E-state index contributed by atoms with van der Waals surface area (Å²) in [5.41, 5.74) is 3.65. The van der Waals surface area contributed by atoms with Gasteiger partial charge in [-0.1, -0.05) is 18.6 Å². The van der Waals surface area contributed by atoms with E-state index in [0.29, 0.717) is 12.4 Å². The minimum atomic E-state index is -0.211. The molecule has 5 nitrogen and oxygen atoms in total. The average molecular weight is 439 g/mol. The van der Waals surface area contributed by atoms with Gasteiger partial charge in [0, 0.05) is 10.4 Å². The standard InChI is InChI=1S/C25H30N2O3S/c1-4-29-20-12-10-19(11-13-20)23(27-14-6-5-7-15-27)22-17(2)18(3)31-25(22)26-24(28)21-9-8-16-30-21/h8-13,16,23H,4-7,14-15H2,1-3H3,(H,26,28)/t23-/m0/s1. The Balaban J connectivity index is 1.74. The SMILES string of the molecule is CCOc1ccc([C@@H](c2c(NC(=O)c3ccco3)sc(C)c2C)N2CCCCC2)cc1. The van der Waals surface area contributed by atoms with Crippen molar-refractivity contribution >= 4 is 22.2 Å². The molecule has 0 saturated carbocycles. The van der Waals surface area contributed by atoms with Gasteiger partial charge in [-0.25, -0.2) is 0 Å². The lowest BCUT2D eigenvalue weighted by Gasteiger charge is -2.36. The molecule has 31 heavy (non-hydrogen) atoms. The Morgan fingerprint density at radius 3 is 2.55 bits per heavy atom. The van der Waals surface area contributed by atoms with Crippen LogP contribution in [0.5, 0.6) is 5.75 Å². The first-order valence-corrected chi connectivity index (χ1v) is 11.8. The summed E-state index contributed by atoms with van der Waals surface area (Å²) in [4.78, 5) is 16.5. The lowest BCUT2D eigenvalue weighted by Crippen LogP contribution is -2.35. The van der Waals surface area contributed by atoms with E-state index in [0.717, 1.165) is 23.8 Å². The van der Waals surface area contributed by atoms with Crippen LogP contribution in [0.1, 0.15) is 64.4 Å². The molecule has 0 unspecified atom stereocenters. The van der Waals surface area contributed by atoms with Crippen molar-refractivity contribution in [1.29, 1.82) is 0 Å². The molecule has 1 saturated heterocycles. The molecular formula is C25H30N2O3S. The van der Waals surface area contributed by atoms with Crippen LogP contribution < -0.4 is 10.1 Å². The second-order valence-corrected chi connectivity index (χ2v) is 9.18. The third kappa shape index (κ3) is 4.70. The van der Waals surface area contributed by atoms with E-state index in [-0.39, 0.29) is 11.9 Å². The van der Waals surface area contributed by atoms with Gasteiger partial charge in [-0.15, -0.1) is 11.3 Å². The van der Waals surface area contributed by atoms with Crippen molar-refractivity contribution in [2.45, 2.75) is 46.1 Å². The van der Waals surface area contributed by atoms with E-state index in [9.17, 15) is 4.79 Å². The van der Waals surface area contributed by atoms with E-state index in [1.807, 2.05) is 19.1 Å². The summed E-state index contributed by atoms with van der Waals surface area (Å²) in [7, 11) is 0. The maximum Gasteiger partial charge on any atom is 0.291 e. The third-order valence-electron chi connectivity index (χ3n) is 5.94. The summed E-state index contributed by atoms with van der Waals surface area (Å²) in [6, 6.07) is 11.9. The second kappa shape index (κ2) is 9.71. The number of carbonyl (C=O) groups is 1. The molecule has 0 radical (unpaired) electrons. The van der Waals surface area contributed by atoms with Crippen LogP contribution in [0.4, 0.5) is 5.00 Å². The lowest BCUT2D eigenvalue weighted by atomic mass is 9.93. The molecule has 1 aromatic carbocycles. The number of carbonyl (C=O) groups excluding carboxylic acids is 1. The summed E-state index contributed by atoms with van der Waals surface area (Å²) in [6.45, 7) is 9.04. The smallest absolute Gasteiger partial charge is 0.291 e. The van der Waals surface area contributed by atoms with Gasteiger partial charge >= 0.3 is 0 Å². The van der Waals surface area contributed by atoms with Crippen molar-refractivity contribution in [2.75, 3.05) is 25.0 Å². The largest absolute Gasteiger partial charge is 0.494 e. The van der Waals surface area contributed by atoms with E-state index in [4.69, 9.17) is 9.15 Å². The maximum absolute atomic E-state index is 12.8. The summed E-state index contributed by atoms with van der Waals surface area (Å²) in [5.74, 6) is 0.995. The number of benzene rings is 1. The van der Waals surface area contributed by atoms with E-state index < -0.39 is 0 Å². The molecule has 1 N–H and O–H groups in total. The Bertz CT molecular complexity index is 1000.